The lowest BCUT2D eigenvalue weighted by Gasteiger charge is -2.13. The zero-order valence-corrected chi connectivity index (χ0v) is 14.9. The first-order chi connectivity index (χ1) is 13.0. The van der Waals surface area contributed by atoms with E-state index in [0.717, 1.165) is 5.52 Å². The quantitative estimate of drug-likeness (QED) is 0.590. The van der Waals surface area contributed by atoms with Crippen molar-refractivity contribution in [2.24, 2.45) is 5.73 Å². The van der Waals surface area contributed by atoms with E-state index in [2.05, 4.69) is 5.32 Å². The minimum Gasteiger partial charge on any atom is -0.497 e. The van der Waals surface area contributed by atoms with Gasteiger partial charge in [0.2, 0.25) is 5.91 Å². The number of primary amides is 1. The number of amides is 2. The largest absolute Gasteiger partial charge is 0.497 e. The first-order valence-electron chi connectivity index (χ1n) is 8.46. The summed E-state index contributed by atoms with van der Waals surface area (Å²) in [6.45, 7) is 0.0934. The molecule has 0 saturated heterocycles. The van der Waals surface area contributed by atoms with E-state index in [-0.39, 0.29) is 19.0 Å². The SMILES string of the molecule is COc1ccc([C@H](O)CNC(=O)Cn2cc(C(N)=O)c3ccccc32)cc1. The maximum Gasteiger partial charge on any atom is 0.250 e. The highest BCUT2D eigenvalue weighted by atomic mass is 16.5. The van der Waals surface area contributed by atoms with Crippen molar-refractivity contribution >= 4 is 22.7 Å². The summed E-state index contributed by atoms with van der Waals surface area (Å²) in [7, 11) is 1.57. The van der Waals surface area contributed by atoms with Gasteiger partial charge in [-0.15, -0.1) is 0 Å². The monoisotopic (exact) mass is 367 g/mol. The Morgan fingerprint density at radius 3 is 2.56 bits per heavy atom. The van der Waals surface area contributed by atoms with Gasteiger partial charge in [0.1, 0.15) is 12.3 Å². The summed E-state index contributed by atoms with van der Waals surface area (Å²) in [4.78, 5) is 23.9. The number of aliphatic hydroxyl groups is 1. The maximum atomic E-state index is 12.3. The number of para-hydroxylation sites is 1. The van der Waals surface area contributed by atoms with Gasteiger partial charge in [0.05, 0.1) is 18.8 Å². The Kier molecular flexibility index (Phi) is 5.42. The Labute approximate surface area is 156 Å². The van der Waals surface area contributed by atoms with E-state index in [9.17, 15) is 14.7 Å². The van der Waals surface area contributed by atoms with Crippen molar-refractivity contribution in [3.8, 4) is 5.75 Å². The molecule has 4 N–H and O–H groups in total. The summed E-state index contributed by atoms with van der Waals surface area (Å²) in [5.41, 5.74) is 7.21. The molecule has 1 aromatic heterocycles. The number of benzene rings is 2. The molecule has 3 rings (SSSR count). The summed E-state index contributed by atoms with van der Waals surface area (Å²) >= 11 is 0. The van der Waals surface area contributed by atoms with Crippen molar-refractivity contribution in [1.29, 1.82) is 0 Å². The second-order valence-corrected chi connectivity index (χ2v) is 6.15. The van der Waals surface area contributed by atoms with Crippen LogP contribution in [-0.2, 0) is 11.3 Å². The van der Waals surface area contributed by atoms with Crippen molar-refractivity contribution in [3.05, 3.63) is 65.9 Å². The number of nitrogens with one attached hydrogen (secondary N) is 1. The predicted molar refractivity (Wildman–Crippen MR) is 101 cm³/mol. The summed E-state index contributed by atoms with van der Waals surface area (Å²) < 4.78 is 6.75. The summed E-state index contributed by atoms with van der Waals surface area (Å²) in [5, 5.41) is 13.6. The summed E-state index contributed by atoms with van der Waals surface area (Å²) in [6.07, 6.45) is 0.745. The van der Waals surface area contributed by atoms with Crippen molar-refractivity contribution in [1.82, 2.24) is 9.88 Å². The van der Waals surface area contributed by atoms with Gasteiger partial charge in [-0.2, -0.15) is 0 Å². The lowest BCUT2D eigenvalue weighted by Crippen LogP contribution is -2.31. The molecule has 0 aliphatic heterocycles. The van der Waals surface area contributed by atoms with E-state index in [0.29, 0.717) is 22.3 Å². The minimum atomic E-state index is -0.831. The van der Waals surface area contributed by atoms with Crippen LogP contribution in [0.15, 0.2) is 54.7 Å². The van der Waals surface area contributed by atoms with Gasteiger partial charge in [0, 0.05) is 23.6 Å². The second kappa shape index (κ2) is 7.92. The number of carbonyl (C=O) groups is 2. The van der Waals surface area contributed by atoms with Crippen LogP contribution < -0.4 is 15.8 Å². The van der Waals surface area contributed by atoms with Crippen LogP contribution in [0.2, 0.25) is 0 Å². The Balaban J connectivity index is 1.65. The van der Waals surface area contributed by atoms with Crippen molar-refractivity contribution in [2.45, 2.75) is 12.6 Å². The van der Waals surface area contributed by atoms with Crippen molar-refractivity contribution in [2.75, 3.05) is 13.7 Å². The molecule has 0 radical (unpaired) electrons. The van der Waals surface area contributed by atoms with Crippen LogP contribution in [0, 0.1) is 0 Å². The van der Waals surface area contributed by atoms with E-state index >= 15 is 0 Å². The molecule has 0 aliphatic rings. The third kappa shape index (κ3) is 4.09. The molecule has 0 unspecified atom stereocenters. The molecule has 3 aromatic rings. The van der Waals surface area contributed by atoms with E-state index < -0.39 is 12.0 Å². The molecule has 0 fully saturated rings. The summed E-state index contributed by atoms with van der Waals surface area (Å²) in [5.74, 6) is -0.126. The average Bonchev–Trinajstić information content (AvgIpc) is 3.05. The third-order valence-electron chi connectivity index (χ3n) is 4.36. The molecule has 2 aromatic carbocycles. The number of nitrogens with zero attached hydrogens (tertiary/aromatic N) is 1. The number of hydrogen-bond acceptors (Lipinski definition) is 4. The van der Waals surface area contributed by atoms with Crippen LogP contribution in [0.5, 0.6) is 5.75 Å². The zero-order chi connectivity index (χ0) is 19.4. The van der Waals surface area contributed by atoms with Crippen molar-refractivity contribution < 1.29 is 19.4 Å². The molecule has 0 saturated carbocycles. The van der Waals surface area contributed by atoms with E-state index in [1.54, 1.807) is 48.2 Å². The van der Waals surface area contributed by atoms with Crippen LogP contribution in [0.25, 0.3) is 10.9 Å². The van der Waals surface area contributed by atoms with Gasteiger partial charge >= 0.3 is 0 Å². The number of rotatable bonds is 7. The number of aliphatic hydroxyl groups excluding tert-OH is 1. The number of methoxy groups -OCH3 is 1. The van der Waals surface area contributed by atoms with Gasteiger partial charge in [-0.3, -0.25) is 9.59 Å². The minimum absolute atomic E-state index is 0.0170. The third-order valence-corrected chi connectivity index (χ3v) is 4.36. The smallest absolute Gasteiger partial charge is 0.250 e. The van der Waals surface area contributed by atoms with E-state index in [4.69, 9.17) is 10.5 Å². The van der Waals surface area contributed by atoms with E-state index in [1.165, 1.54) is 0 Å². The lowest BCUT2D eigenvalue weighted by atomic mass is 10.1. The Bertz CT molecular complexity index is 963. The number of aromatic nitrogens is 1. The summed E-state index contributed by atoms with van der Waals surface area (Å²) in [6, 6.07) is 14.2. The molecule has 1 heterocycles. The van der Waals surface area contributed by atoms with E-state index in [1.807, 2.05) is 18.2 Å². The topological polar surface area (TPSA) is 107 Å². The van der Waals surface area contributed by atoms with Crippen LogP contribution in [0.3, 0.4) is 0 Å². The molecule has 140 valence electrons. The first-order valence-corrected chi connectivity index (χ1v) is 8.46. The Morgan fingerprint density at radius 1 is 1.19 bits per heavy atom. The maximum absolute atomic E-state index is 12.3. The number of carbonyl (C=O) groups excluding carboxylic acids is 2. The molecule has 2 amide bonds. The zero-order valence-electron chi connectivity index (χ0n) is 14.9. The Morgan fingerprint density at radius 2 is 1.89 bits per heavy atom. The van der Waals surface area contributed by atoms with Crippen LogP contribution in [0.4, 0.5) is 0 Å². The van der Waals surface area contributed by atoms with Gasteiger partial charge in [-0.25, -0.2) is 0 Å². The molecule has 0 spiro atoms. The van der Waals surface area contributed by atoms with Gasteiger partial charge in [0.15, 0.2) is 0 Å². The second-order valence-electron chi connectivity index (χ2n) is 6.15. The molecular weight excluding hydrogens is 346 g/mol. The molecule has 0 bridgehead atoms. The van der Waals surface area contributed by atoms with Gasteiger partial charge in [-0.1, -0.05) is 30.3 Å². The predicted octanol–water partition coefficient (Wildman–Crippen LogP) is 1.60. The number of ether oxygens (including phenoxy) is 1. The van der Waals surface area contributed by atoms with Crippen LogP contribution in [0.1, 0.15) is 22.0 Å². The Hall–Kier alpha value is -3.32. The molecule has 1 atom stereocenters. The average molecular weight is 367 g/mol. The number of nitrogens with two attached hydrogens (primary N) is 1. The number of hydrogen-bond donors (Lipinski definition) is 3. The van der Waals surface area contributed by atoms with Crippen LogP contribution in [-0.4, -0.2) is 35.1 Å². The lowest BCUT2D eigenvalue weighted by molar-refractivity contribution is -0.122. The fraction of sp³-hybridized carbons (Fsp3) is 0.200. The molecule has 7 nitrogen and oxygen atoms in total. The molecular formula is C20H21N3O4. The highest BCUT2D eigenvalue weighted by Crippen LogP contribution is 2.21. The number of fused-ring (bicyclic) bond motifs is 1. The normalized spacial score (nSPS) is 11.9. The standard InChI is InChI=1S/C20H21N3O4/c1-27-14-8-6-13(7-9-14)18(24)10-22-19(25)12-23-11-16(20(21)26)15-4-2-3-5-17(15)23/h2-9,11,18,24H,10,12H2,1H3,(H2,21,26)(H,22,25)/t18-/m1/s1. The van der Waals surface area contributed by atoms with Crippen molar-refractivity contribution in [3.63, 3.8) is 0 Å². The highest BCUT2D eigenvalue weighted by Gasteiger charge is 2.15. The van der Waals surface area contributed by atoms with Gasteiger partial charge in [-0.05, 0) is 23.8 Å². The molecule has 0 aliphatic carbocycles. The van der Waals surface area contributed by atoms with Crippen LogP contribution >= 0.6 is 0 Å². The first kappa shape index (κ1) is 18.5. The fourth-order valence-electron chi connectivity index (χ4n) is 2.94. The van der Waals surface area contributed by atoms with Gasteiger partial charge < -0.3 is 25.5 Å². The molecule has 7 heteroatoms. The van der Waals surface area contributed by atoms with Gasteiger partial charge in [0.25, 0.3) is 5.91 Å². The highest BCUT2D eigenvalue weighted by molar-refractivity contribution is 6.06. The fourth-order valence-corrected chi connectivity index (χ4v) is 2.94. The molecule has 27 heavy (non-hydrogen) atoms.